The smallest absolute Gasteiger partial charge is 0.343 e. The average molecular weight is 729 g/mol. The first-order valence-corrected chi connectivity index (χ1v) is 18.5. The Bertz CT molecular complexity index is 1550. The van der Waals surface area contributed by atoms with Crippen LogP contribution >= 0.6 is 0 Å². The maximum atomic E-state index is 12.7. The molecule has 0 aliphatic heterocycles. The predicted molar refractivity (Wildman–Crippen MR) is 203 cm³/mol. The second-order valence-electron chi connectivity index (χ2n) is 12.3. The highest BCUT2D eigenvalue weighted by Crippen LogP contribution is 2.21. The Balaban J connectivity index is 1.25. The highest BCUT2D eigenvalue weighted by molar-refractivity contribution is 5.92. The van der Waals surface area contributed by atoms with Crippen molar-refractivity contribution in [2.45, 2.75) is 83.5 Å². The molecule has 0 aliphatic carbocycles. The Morgan fingerprint density at radius 2 is 0.679 bits per heavy atom. The molecule has 10 nitrogen and oxygen atoms in total. The Kier molecular flexibility index (Phi) is 20.3. The molecule has 0 spiro atoms. The Morgan fingerprint density at radius 3 is 1.04 bits per heavy atom. The van der Waals surface area contributed by atoms with E-state index in [4.69, 9.17) is 28.4 Å². The third-order valence-corrected chi connectivity index (χ3v) is 8.11. The van der Waals surface area contributed by atoms with Crippen molar-refractivity contribution in [3.63, 3.8) is 0 Å². The molecule has 0 amide bonds. The van der Waals surface area contributed by atoms with E-state index in [1.807, 2.05) is 0 Å². The van der Waals surface area contributed by atoms with Crippen LogP contribution in [-0.2, 0) is 19.1 Å². The molecule has 0 bridgehead atoms. The summed E-state index contributed by atoms with van der Waals surface area (Å²) in [5, 5.41) is 0. The summed E-state index contributed by atoms with van der Waals surface area (Å²) >= 11 is 0. The highest BCUT2D eigenvalue weighted by atomic mass is 16.5. The molecular formula is C43H52O10. The summed E-state index contributed by atoms with van der Waals surface area (Å²) < 4.78 is 32.5. The van der Waals surface area contributed by atoms with E-state index in [0.29, 0.717) is 60.6 Å². The fraction of sp³-hybridized carbons (Fsp3) is 0.395. The lowest BCUT2D eigenvalue weighted by Gasteiger charge is -2.09. The number of rotatable bonds is 27. The highest BCUT2D eigenvalue weighted by Gasteiger charge is 2.12. The molecule has 3 aromatic rings. The van der Waals surface area contributed by atoms with Crippen LogP contribution in [0.1, 0.15) is 104 Å². The molecule has 0 radical (unpaired) electrons. The van der Waals surface area contributed by atoms with Crippen molar-refractivity contribution in [1.29, 1.82) is 0 Å². The van der Waals surface area contributed by atoms with Gasteiger partial charge in [0, 0.05) is 12.2 Å². The summed E-state index contributed by atoms with van der Waals surface area (Å²) in [5.41, 5.74) is 0.693. The van der Waals surface area contributed by atoms with Crippen molar-refractivity contribution in [1.82, 2.24) is 0 Å². The molecule has 3 aromatic carbocycles. The van der Waals surface area contributed by atoms with E-state index >= 15 is 0 Å². The standard InChI is InChI=1S/C43H52O10/c1-3-40(44)50-32-16-11-9-7-5-6-8-10-14-30-48-36-22-18-34(19-23-36)42(46)52-38-24-20-35(21-25-38)43(47)53-39-28-26-37(27-29-39)49-31-15-12-13-17-33-51-41(45)4-2/h3-4,18-29H,1-2,5-17,30-33H2. The zero-order valence-corrected chi connectivity index (χ0v) is 30.6. The van der Waals surface area contributed by atoms with Crippen molar-refractivity contribution < 1.29 is 47.6 Å². The second kappa shape index (κ2) is 25.6. The summed E-state index contributed by atoms with van der Waals surface area (Å²) in [7, 11) is 0. The van der Waals surface area contributed by atoms with Crippen LogP contribution in [-0.4, -0.2) is 50.3 Å². The van der Waals surface area contributed by atoms with Crippen LogP contribution < -0.4 is 18.9 Å². The van der Waals surface area contributed by atoms with Gasteiger partial charge in [-0.3, -0.25) is 0 Å². The van der Waals surface area contributed by atoms with Crippen molar-refractivity contribution in [3.8, 4) is 23.0 Å². The Labute approximate surface area is 313 Å². The molecule has 0 aliphatic rings. The minimum Gasteiger partial charge on any atom is -0.494 e. The fourth-order valence-electron chi connectivity index (χ4n) is 5.12. The zero-order valence-electron chi connectivity index (χ0n) is 30.6. The normalized spacial score (nSPS) is 10.5. The maximum absolute atomic E-state index is 12.7. The minimum absolute atomic E-state index is 0.302. The third-order valence-electron chi connectivity index (χ3n) is 8.11. The SMILES string of the molecule is C=CC(=O)OCCCCCCCCCCCOc1ccc(C(=O)Oc2ccc(C(=O)Oc3ccc(OCCCCCCOC(=O)C=C)cc3)cc2)cc1. The first-order chi connectivity index (χ1) is 25.9. The van der Waals surface area contributed by atoms with E-state index in [1.54, 1.807) is 60.7 Å². The van der Waals surface area contributed by atoms with Gasteiger partial charge in [0.25, 0.3) is 0 Å². The lowest BCUT2D eigenvalue weighted by Crippen LogP contribution is -2.10. The van der Waals surface area contributed by atoms with Crippen molar-refractivity contribution >= 4 is 23.9 Å². The largest absolute Gasteiger partial charge is 0.494 e. The topological polar surface area (TPSA) is 124 Å². The minimum atomic E-state index is -0.542. The molecule has 0 saturated heterocycles. The molecule has 284 valence electrons. The number of ether oxygens (including phenoxy) is 6. The zero-order chi connectivity index (χ0) is 37.9. The molecule has 0 heterocycles. The number of benzene rings is 3. The van der Waals surface area contributed by atoms with Crippen LogP contribution in [0.2, 0.25) is 0 Å². The van der Waals surface area contributed by atoms with E-state index in [1.165, 1.54) is 43.9 Å². The Morgan fingerprint density at radius 1 is 0.396 bits per heavy atom. The van der Waals surface area contributed by atoms with E-state index in [0.717, 1.165) is 63.9 Å². The molecule has 0 fully saturated rings. The first-order valence-electron chi connectivity index (χ1n) is 18.5. The summed E-state index contributed by atoms with van der Waals surface area (Å²) in [6.07, 6.45) is 15.8. The second-order valence-corrected chi connectivity index (χ2v) is 12.3. The van der Waals surface area contributed by atoms with E-state index < -0.39 is 17.9 Å². The van der Waals surface area contributed by atoms with Crippen LogP contribution in [0.15, 0.2) is 98.1 Å². The quantitative estimate of drug-likeness (QED) is 0.0325. The first kappa shape index (κ1) is 42.0. The predicted octanol–water partition coefficient (Wildman–Crippen LogP) is 9.41. The molecule has 0 atom stereocenters. The average Bonchev–Trinajstić information content (AvgIpc) is 3.18. The van der Waals surface area contributed by atoms with Gasteiger partial charge >= 0.3 is 23.9 Å². The van der Waals surface area contributed by atoms with Crippen LogP contribution in [0.25, 0.3) is 0 Å². The fourth-order valence-corrected chi connectivity index (χ4v) is 5.12. The van der Waals surface area contributed by atoms with Gasteiger partial charge in [0.2, 0.25) is 0 Å². The molecular weight excluding hydrogens is 676 g/mol. The van der Waals surface area contributed by atoms with E-state index in [-0.39, 0.29) is 5.97 Å². The lowest BCUT2D eigenvalue weighted by atomic mass is 10.1. The van der Waals surface area contributed by atoms with Crippen LogP contribution in [0, 0.1) is 0 Å². The molecule has 0 unspecified atom stereocenters. The van der Waals surface area contributed by atoms with Crippen LogP contribution in [0.5, 0.6) is 23.0 Å². The number of unbranched alkanes of at least 4 members (excludes halogenated alkanes) is 11. The number of carbonyl (C=O) groups is 4. The summed E-state index contributed by atoms with van der Waals surface area (Å²) in [6, 6.07) is 19.8. The maximum Gasteiger partial charge on any atom is 0.343 e. The van der Waals surface area contributed by atoms with E-state index in [9.17, 15) is 19.2 Å². The molecule has 0 aromatic heterocycles. The third kappa shape index (κ3) is 18.1. The van der Waals surface area contributed by atoms with Gasteiger partial charge < -0.3 is 28.4 Å². The molecule has 0 N–H and O–H groups in total. The number of carbonyl (C=O) groups excluding carboxylic acids is 4. The van der Waals surface area contributed by atoms with Crippen molar-refractivity contribution in [2.24, 2.45) is 0 Å². The molecule has 3 rings (SSSR count). The van der Waals surface area contributed by atoms with E-state index in [2.05, 4.69) is 13.2 Å². The van der Waals surface area contributed by atoms with Gasteiger partial charge in [-0.25, -0.2) is 19.2 Å². The molecule has 0 saturated carbocycles. The van der Waals surface area contributed by atoms with Crippen molar-refractivity contribution in [2.75, 3.05) is 26.4 Å². The van der Waals surface area contributed by atoms with Crippen molar-refractivity contribution in [3.05, 3.63) is 109 Å². The Hall–Kier alpha value is -5.38. The molecule has 10 heteroatoms. The number of hydrogen-bond donors (Lipinski definition) is 0. The molecule has 53 heavy (non-hydrogen) atoms. The van der Waals surface area contributed by atoms with Crippen LogP contribution in [0.3, 0.4) is 0 Å². The van der Waals surface area contributed by atoms with Crippen LogP contribution in [0.4, 0.5) is 0 Å². The number of esters is 4. The van der Waals surface area contributed by atoms with Gasteiger partial charge in [0.1, 0.15) is 23.0 Å². The van der Waals surface area contributed by atoms with Gasteiger partial charge in [0.05, 0.1) is 37.6 Å². The van der Waals surface area contributed by atoms with Gasteiger partial charge in [-0.2, -0.15) is 0 Å². The lowest BCUT2D eigenvalue weighted by molar-refractivity contribution is -0.138. The number of hydrogen-bond acceptors (Lipinski definition) is 10. The monoisotopic (exact) mass is 728 g/mol. The van der Waals surface area contributed by atoms with Gasteiger partial charge in [-0.1, -0.05) is 58.1 Å². The van der Waals surface area contributed by atoms with Gasteiger partial charge in [0.15, 0.2) is 0 Å². The van der Waals surface area contributed by atoms with Gasteiger partial charge in [-0.05, 0) is 111 Å². The summed E-state index contributed by atoms with van der Waals surface area (Å²) in [5.74, 6) is 0.223. The summed E-state index contributed by atoms with van der Waals surface area (Å²) in [6.45, 7) is 8.77. The van der Waals surface area contributed by atoms with Gasteiger partial charge in [-0.15, -0.1) is 0 Å². The summed E-state index contributed by atoms with van der Waals surface area (Å²) in [4.78, 5) is 47.4.